The van der Waals surface area contributed by atoms with Crippen molar-refractivity contribution in [1.82, 2.24) is 15.2 Å². The van der Waals surface area contributed by atoms with Gasteiger partial charge in [0, 0.05) is 0 Å². The standard InChI is InChI=1S/C3HN3/c1-2-5-6-3-4-1/h1H. The first-order valence-corrected chi connectivity index (χ1v) is 1.42. The highest BCUT2D eigenvalue weighted by Crippen LogP contribution is 1.56. The molecule has 0 aromatic carbocycles. The maximum atomic E-state index is 3.43. The molecule has 1 aromatic heterocycles. The van der Waals surface area contributed by atoms with Gasteiger partial charge in [-0.25, -0.2) is 4.98 Å². The zero-order chi connectivity index (χ0) is 4.24. The van der Waals surface area contributed by atoms with Gasteiger partial charge in [0.2, 0.25) is 6.33 Å². The van der Waals surface area contributed by atoms with Crippen LogP contribution in [0.15, 0.2) is 6.20 Å². The highest BCUT2D eigenvalue weighted by Gasteiger charge is 1.63. The molecule has 0 saturated carbocycles. The lowest BCUT2D eigenvalue weighted by Gasteiger charge is -1.66. The van der Waals surface area contributed by atoms with Gasteiger partial charge < -0.3 is 0 Å². The van der Waals surface area contributed by atoms with Gasteiger partial charge >= 0.3 is 0 Å². The van der Waals surface area contributed by atoms with Crippen LogP contribution in [0.3, 0.4) is 0 Å². The Balaban J connectivity index is 3.00. The van der Waals surface area contributed by atoms with Gasteiger partial charge in [-0.1, -0.05) is 0 Å². The van der Waals surface area contributed by atoms with E-state index in [-0.39, 0.29) is 0 Å². The molecule has 0 bridgehead atoms. The number of nitrogens with zero attached hydrogens (tertiary/aromatic N) is 3. The highest BCUT2D eigenvalue weighted by molar-refractivity contribution is 4.54. The Morgan fingerprint density at radius 3 is 2.50 bits per heavy atom. The molecule has 0 fully saturated rings. The SMILES string of the molecule is [c]1cn[c]nn1. The molecule has 1 aromatic rings. The lowest BCUT2D eigenvalue weighted by molar-refractivity contribution is 0.950. The van der Waals surface area contributed by atoms with Gasteiger partial charge in [-0.15, -0.1) is 10.2 Å². The Morgan fingerprint density at radius 1 is 1.33 bits per heavy atom. The van der Waals surface area contributed by atoms with E-state index in [9.17, 15) is 0 Å². The van der Waals surface area contributed by atoms with Crippen LogP contribution in [0.4, 0.5) is 0 Å². The third kappa shape index (κ3) is 0.484. The minimum absolute atomic E-state index is 1.40. The third-order valence-corrected chi connectivity index (χ3v) is 0.332. The summed E-state index contributed by atoms with van der Waals surface area (Å²) in [5, 5.41) is 6.53. The molecule has 6 heavy (non-hydrogen) atoms. The van der Waals surface area contributed by atoms with E-state index in [4.69, 9.17) is 0 Å². The Labute approximate surface area is 35.1 Å². The van der Waals surface area contributed by atoms with Crippen LogP contribution in [0.25, 0.3) is 0 Å². The van der Waals surface area contributed by atoms with Crippen molar-refractivity contribution in [2.75, 3.05) is 0 Å². The van der Waals surface area contributed by atoms with Crippen LogP contribution in [-0.2, 0) is 0 Å². The van der Waals surface area contributed by atoms with Gasteiger partial charge in [-0.3, -0.25) is 0 Å². The normalized spacial score (nSPS) is 8.00. The smallest absolute Gasteiger partial charge is 0.221 e. The van der Waals surface area contributed by atoms with Crippen molar-refractivity contribution in [1.29, 1.82) is 0 Å². The highest BCUT2D eigenvalue weighted by atomic mass is 15.1. The van der Waals surface area contributed by atoms with Gasteiger partial charge in [-0.05, 0) is 0 Å². The van der Waals surface area contributed by atoms with Gasteiger partial charge in [0.15, 0.2) is 0 Å². The van der Waals surface area contributed by atoms with Gasteiger partial charge in [0.25, 0.3) is 0 Å². The summed E-state index contributed by atoms with van der Waals surface area (Å²) in [6.07, 6.45) is 6.03. The van der Waals surface area contributed by atoms with Gasteiger partial charge in [0.1, 0.15) is 6.20 Å². The number of hydrogen-bond donors (Lipinski definition) is 0. The molecule has 28 valence electrons. The molecule has 0 unspecified atom stereocenters. The molecule has 3 nitrogen and oxygen atoms in total. The van der Waals surface area contributed by atoms with Crippen molar-refractivity contribution < 1.29 is 0 Å². The fraction of sp³-hybridized carbons (Fsp3) is 0. The number of rotatable bonds is 0. The average molecular weight is 79.1 g/mol. The molecule has 2 radical (unpaired) electrons. The maximum Gasteiger partial charge on any atom is 0.221 e. The lowest BCUT2D eigenvalue weighted by atomic mass is 10.9. The quantitative estimate of drug-likeness (QED) is 0.419. The van der Waals surface area contributed by atoms with E-state index in [0.717, 1.165) is 0 Å². The summed E-state index contributed by atoms with van der Waals surface area (Å²) in [6, 6.07) is 0. The van der Waals surface area contributed by atoms with E-state index >= 15 is 0 Å². The van der Waals surface area contributed by atoms with Crippen molar-refractivity contribution in [3.05, 3.63) is 18.7 Å². The number of aromatic nitrogens is 3. The zero-order valence-corrected chi connectivity index (χ0v) is 2.92. The van der Waals surface area contributed by atoms with E-state index in [1.807, 2.05) is 0 Å². The van der Waals surface area contributed by atoms with E-state index in [1.54, 1.807) is 0 Å². The fourth-order valence-electron chi connectivity index (χ4n) is 0.161. The lowest BCUT2D eigenvalue weighted by Crippen LogP contribution is -1.77. The molecule has 0 N–H and O–H groups in total. The summed E-state index contributed by atoms with van der Waals surface area (Å²) in [5.41, 5.74) is 0. The fourth-order valence-corrected chi connectivity index (χ4v) is 0.161. The van der Waals surface area contributed by atoms with E-state index in [1.165, 1.54) is 6.20 Å². The summed E-state index contributed by atoms with van der Waals surface area (Å²) < 4.78 is 0. The molecule has 0 saturated heterocycles. The Morgan fingerprint density at radius 2 is 2.33 bits per heavy atom. The molecular formula is C3HN3. The van der Waals surface area contributed by atoms with Crippen molar-refractivity contribution in [3.8, 4) is 0 Å². The van der Waals surface area contributed by atoms with Crippen molar-refractivity contribution >= 4 is 0 Å². The summed E-state index contributed by atoms with van der Waals surface area (Å²) in [7, 11) is 0. The molecule has 0 aliphatic carbocycles. The topological polar surface area (TPSA) is 38.7 Å². The molecule has 0 aliphatic rings. The van der Waals surface area contributed by atoms with Gasteiger partial charge in [0.05, 0.1) is 6.20 Å². The van der Waals surface area contributed by atoms with E-state index in [0.29, 0.717) is 0 Å². The largest absolute Gasteiger partial charge is 0.230 e. The van der Waals surface area contributed by atoms with Crippen LogP contribution in [-0.4, -0.2) is 15.2 Å². The Hall–Kier alpha value is -0.990. The average Bonchev–Trinajstić information content (AvgIpc) is 1.72. The first-order chi connectivity index (χ1) is 3.00. The molecule has 0 atom stereocenters. The van der Waals surface area contributed by atoms with Crippen LogP contribution in [0.5, 0.6) is 0 Å². The monoisotopic (exact) mass is 79.0 g/mol. The molecule has 3 heteroatoms. The van der Waals surface area contributed by atoms with Gasteiger partial charge in [-0.2, -0.15) is 0 Å². The predicted octanol–water partition coefficient (Wildman–Crippen LogP) is -0.528. The Kier molecular flexibility index (Phi) is 0.774. The molecule has 1 rings (SSSR count). The van der Waals surface area contributed by atoms with Crippen LogP contribution in [0.2, 0.25) is 0 Å². The summed E-state index contributed by atoms with van der Waals surface area (Å²) in [6.45, 7) is 0. The van der Waals surface area contributed by atoms with Crippen LogP contribution in [0, 0.1) is 12.5 Å². The minimum Gasteiger partial charge on any atom is -0.230 e. The van der Waals surface area contributed by atoms with Crippen molar-refractivity contribution in [3.63, 3.8) is 0 Å². The summed E-state index contributed by atoms with van der Waals surface area (Å²) >= 11 is 0. The summed E-state index contributed by atoms with van der Waals surface area (Å²) in [5.74, 6) is 0. The maximum absolute atomic E-state index is 3.43. The molecule has 0 spiro atoms. The molecule has 0 amide bonds. The first-order valence-electron chi connectivity index (χ1n) is 1.42. The van der Waals surface area contributed by atoms with E-state index < -0.39 is 0 Å². The molecule has 1 heterocycles. The molecular weight excluding hydrogens is 78.1 g/mol. The Bertz CT molecular complexity index is 78.0. The second kappa shape index (κ2) is 1.45. The first kappa shape index (κ1) is 3.21. The second-order valence-electron chi connectivity index (χ2n) is 0.687. The number of hydrogen-bond acceptors (Lipinski definition) is 3. The van der Waals surface area contributed by atoms with E-state index in [2.05, 4.69) is 27.7 Å². The molecule has 0 aliphatic heterocycles. The van der Waals surface area contributed by atoms with Crippen LogP contribution in [0.1, 0.15) is 0 Å². The van der Waals surface area contributed by atoms with Crippen LogP contribution >= 0.6 is 0 Å². The van der Waals surface area contributed by atoms with Crippen molar-refractivity contribution in [2.45, 2.75) is 0 Å². The predicted molar refractivity (Wildman–Crippen MR) is 17.5 cm³/mol. The zero-order valence-electron chi connectivity index (χ0n) is 2.92. The minimum atomic E-state index is 1.40. The second-order valence-corrected chi connectivity index (χ2v) is 0.687. The third-order valence-electron chi connectivity index (χ3n) is 0.332. The van der Waals surface area contributed by atoms with Crippen molar-refractivity contribution in [2.24, 2.45) is 0 Å². The summed E-state index contributed by atoms with van der Waals surface area (Å²) in [4.78, 5) is 3.43. The van der Waals surface area contributed by atoms with Crippen LogP contribution < -0.4 is 0 Å².